The van der Waals surface area contributed by atoms with Gasteiger partial charge in [0.1, 0.15) is 0 Å². The van der Waals surface area contributed by atoms with Crippen LogP contribution in [0.5, 0.6) is 0 Å². The largest absolute Gasteiger partial charge is 0.0807 e. The zero-order valence-corrected chi connectivity index (χ0v) is 11.5. The SMILES string of the molecule is C1=CC2C=CC3C=CC4C=CC5C=CC1C1C2C3C4C51. The lowest BCUT2D eigenvalue weighted by Crippen LogP contribution is -2.37. The first-order valence-electron chi connectivity index (χ1n) is 8.33. The molecule has 0 aromatic rings. The van der Waals surface area contributed by atoms with Crippen LogP contribution in [0.3, 0.4) is 0 Å². The predicted molar refractivity (Wildman–Crippen MR) is 80.6 cm³/mol. The van der Waals surface area contributed by atoms with Crippen molar-refractivity contribution in [2.45, 2.75) is 0 Å². The Balaban J connectivity index is 1.65. The van der Waals surface area contributed by atoms with E-state index in [1.165, 1.54) is 0 Å². The molecule has 0 aliphatic heterocycles. The Labute approximate surface area is 120 Å². The van der Waals surface area contributed by atoms with E-state index in [9.17, 15) is 0 Å². The van der Waals surface area contributed by atoms with Crippen LogP contribution in [0.15, 0.2) is 60.8 Å². The van der Waals surface area contributed by atoms with Gasteiger partial charge in [-0.05, 0) is 59.2 Å². The third-order valence-corrected chi connectivity index (χ3v) is 7.22. The minimum absolute atomic E-state index is 0.724. The normalized spacial score (nSPS) is 62.0. The van der Waals surface area contributed by atoms with E-state index >= 15 is 0 Å². The molecule has 20 heavy (non-hydrogen) atoms. The van der Waals surface area contributed by atoms with Gasteiger partial charge in [0.25, 0.3) is 0 Å². The van der Waals surface area contributed by atoms with Crippen LogP contribution in [0.2, 0.25) is 0 Å². The third-order valence-electron chi connectivity index (χ3n) is 7.22. The molecule has 0 aromatic heterocycles. The lowest BCUT2D eigenvalue weighted by molar-refractivity contribution is 0.166. The van der Waals surface area contributed by atoms with Crippen molar-refractivity contribution in [3.05, 3.63) is 60.8 Å². The van der Waals surface area contributed by atoms with Gasteiger partial charge >= 0.3 is 0 Å². The Morgan fingerprint density at radius 3 is 0.550 bits per heavy atom. The average molecular weight is 260 g/mol. The first-order chi connectivity index (χ1) is 9.92. The van der Waals surface area contributed by atoms with Crippen LogP contribution >= 0.6 is 0 Å². The van der Waals surface area contributed by atoms with Crippen molar-refractivity contribution in [3.63, 3.8) is 0 Å². The van der Waals surface area contributed by atoms with Gasteiger partial charge in [-0.3, -0.25) is 0 Å². The molecule has 0 amide bonds. The van der Waals surface area contributed by atoms with E-state index in [0.717, 1.165) is 59.2 Å². The molecule has 0 atom stereocenters. The van der Waals surface area contributed by atoms with Gasteiger partial charge in [0.05, 0.1) is 0 Å². The molecular formula is C20H20. The van der Waals surface area contributed by atoms with E-state index in [4.69, 9.17) is 0 Å². The van der Waals surface area contributed by atoms with Crippen molar-refractivity contribution in [1.29, 1.82) is 0 Å². The van der Waals surface area contributed by atoms with Crippen molar-refractivity contribution in [2.75, 3.05) is 0 Å². The topological polar surface area (TPSA) is 0 Å². The first-order valence-corrected chi connectivity index (χ1v) is 8.33. The minimum Gasteiger partial charge on any atom is -0.0807 e. The van der Waals surface area contributed by atoms with E-state index in [1.54, 1.807) is 0 Å². The molecule has 1 fully saturated rings. The lowest BCUT2D eigenvalue weighted by atomic mass is 9.61. The summed E-state index contributed by atoms with van der Waals surface area (Å²) in [5.74, 6) is 8.18. The molecule has 100 valence electrons. The van der Waals surface area contributed by atoms with Crippen LogP contribution in [-0.2, 0) is 0 Å². The second-order valence-electron chi connectivity index (χ2n) is 7.70. The van der Waals surface area contributed by atoms with Crippen LogP contribution in [0.4, 0.5) is 0 Å². The third kappa shape index (κ3) is 1.01. The van der Waals surface area contributed by atoms with Crippen LogP contribution in [-0.4, -0.2) is 0 Å². The highest BCUT2D eigenvalue weighted by Crippen LogP contribution is 2.66. The Bertz CT molecular complexity index is 448. The highest BCUT2D eigenvalue weighted by Gasteiger charge is 2.62. The van der Waals surface area contributed by atoms with Crippen LogP contribution in [0.25, 0.3) is 0 Å². The van der Waals surface area contributed by atoms with E-state index in [-0.39, 0.29) is 0 Å². The van der Waals surface area contributed by atoms with Crippen LogP contribution in [0.1, 0.15) is 0 Å². The molecule has 6 aliphatic carbocycles. The van der Waals surface area contributed by atoms with Gasteiger partial charge in [0.2, 0.25) is 0 Å². The zero-order valence-electron chi connectivity index (χ0n) is 11.5. The Morgan fingerprint density at radius 2 is 0.400 bits per heavy atom. The van der Waals surface area contributed by atoms with Gasteiger partial charge in [0, 0.05) is 0 Å². The summed E-state index contributed by atoms with van der Waals surface area (Å²) < 4.78 is 0. The molecule has 0 saturated heterocycles. The lowest BCUT2D eigenvalue weighted by Gasteiger charge is -2.43. The summed E-state index contributed by atoms with van der Waals surface area (Å²) in [5, 5.41) is 0. The van der Waals surface area contributed by atoms with Gasteiger partial charge < -0.3 is 0 Å². The van der Waals surface area contributed by atoms with E-state index in [1.807, 2.05) is 0 Å². The van der Waals surface area contributed by atoms with Gasteiger partial charge in [-0.1, -0.05) is 60.8 Å². The summed E-state index contributed by atoms with van der Waals surface area (Å²) in [7, 11) is 0. The number of hydrogen-bond donors (Lipinski definition) is 0. The Kier molecular flexibility index (Phi) is 1.72. The molecule has 0 heterocycles. The molecule has 0 radical (unpaired) electrons. The maximum absolute atomic E-state index is 2.52. The highest BCUT2D eigenvalue weighted by molar-refractivity contribution is 5.35. The standard InChI is InChI=1S/C20H20/c1-2-12-5-6-14-9-10-15-8-7-13-4-3-11(1)16-17(12)19(14)20(15)18(13)16/h1-20H. The molecule has 0 aromatic carbocycles. The van der Waals surface area contributed by atoms with Crippen molar-refractivity contribution in [1.82, 2.24) is 0 Å². The summed E-state index contributed by atoms with van der Waals surface area (Å²) in [6, 6.07) is 0. The fraction of sp³-hybridized carbons (Fsp3) is 0.500. The zero-order chi connectivity index (χ0) is 12.8. The average Bonchev–Trinajstić information content (AvgIpc) is 2.88. The number of allylic oxidation sites excluding steroid dienone is 10. The summed E-state index contributed by atoms with van der Waals surface area (Å²) in [6.07, 6.45) is 25.2. The van der Waals surface area contributed by atoms with Gasteiger partial charge in [-0.25, -0.2) is 0 Å². The van der Waals surface area contributed by atoms with Crippen LogP contribution in [0, 0.1) is 59.2 Å². The molecule has 0 bridgehead atoms. The maximum atomic E-state index is 2.52. The molecule has 0 heteroatoms. The van der Waals surface area contributed by atoms with E-state index < -0.39 is 0 Å². The second-order valence-corrected chi connectivity index (χ2v) is 7.70. The predicted octanol–water partition coefficient (Wildman–Crippen LogP) is 4.01. The summed E-state index contributed by atoms with van der Waals surface area (Å²) in [5.41, 5.74) is 0. The molecular weight excluding hydrogens is 240 g/mol. The molecule has 0 N–H and O–H groups in total. The van der Waals surface area contributed by atoms with Gasteiger partial charge in [-0.2, -0.15) is 0 Å². The summed E-state index contributed by atoms with van der Waals surface area (Å²) in [4.78, 5) is 0. The van der Waals surface area contributed by atoms with Gasteiger partial charge in [-0.15, -0.1) is 0 Å². The molecule has 0 unspecified atom stereocenters. The Hall–Kier alpha value is -1.30. The molecule has 0 spiro atoms. The van der Waals surface area contributed by atoms with E-state index in [2.05, 4.69) is 60.8 Å². The smallest absolute Gasteiger partial charge is 0.00186 e. The summed E-state index contributed by atoms with van der Waals surface area (Å²) in [6.45, 7) is 0. The van der Waals surface area contributed by atoms with Crippen molar-refractivity contribution >= 4 is 0 Å². The molecule has 0 nitrogen and oxygen atoms in total. The Morgan fingerprint density at radius 1 is 0.250 bits per heavy atom. The van der Waals surface area contributed by atoms with Crippen molar-refractivity contribution < 1.29 is 0 Å². The second kappa shape index (κ2) is 3.30. The first kappa shape index (κ1) is 10.4. The fourth-order valence-corrected chi connectivity index (χ4v) is 6.74. The highest BCUT2D eigenvalue weighted by atomic mass is 14.7. The molecule has 6 rings (SSSR count). The van der Waals surface area contributed by atoms with Crippen molar-refractivity contribution in [2.24, 2.45) is 59.2 Å². The minimum atomic E-state index is 0.724. The van der Waals surface area contributed by atoms with Gasteiger partial charge in [0.15, 0.2) is 0 Å². The summed E-state index contributed by atoms with van der Waals surface area (Å²) >= 11 is 0. The van der Waals surface area contributed by atoms with Crippen LogP contribution < -0.4 is 0 Å². The van der Waals surface area contributed by atoms with Crippen molar-refractivity contribution in [3.8, 4) is 0 Å². The number of hydrogen-bond acceptors (Lipinski definition) is 0. The fourth-order valence-electron chi connectivity index (χ4n) is 6.74. The van der Waals surface area contributed by atoms with E-state index in [0.29, 0.717) is 0 Å². The maximum Gasteiger partial charge on any atom is -0.00186 e. The molecule has 6 aliphatic rings. The molecule has 1 saturated carbocycles. The number of rotatable bonds is 0. The quantitative estimate of drug-likeness (QED) is 0.577. The monoisotopic (exact) mass is 260 g/mol.